The van der Waals surface area contributed by atoms with Gasteiger partial charge in [0.05, 0.1) is 30.0 Å². The van der Waals surface area contributed by atoms with Crippen LogP contribution in [0.2, 0.25) is 0 Å². The van der Waals surface area contributed by atoms with Gasteiger partial charge in [-0.3, -0.25) is 13.8 Å². The van der Waals surface area contributed by atoms with E-state index in [1.54, 1.807) is 36.4 Å². The van der Waals surface area contributed by atoms with Crippen LogP contribution >= 0.6 is 0 Å². The minimum Gasteiger partial charge on any atom is -0.494 e. The van der Waals surface area contributed by atoms with E-state index in [0.717, 1.165) is 5.56 Å². The Kier molecular flexibility index (Phi) is 7.09. The number of carbonyl (C=O) groups excluding carboxylic acids is 1. The minimum atomic E-state index is -3.46. The Hall–Kier alpha value is -3.05. The molecule has 0 aromatic heterocycles. The van der Waals surface area contributed by atoms with Crippen molar-refractivity contribution in [1.82, 2.24) is 0 Å². The molecule has 172 valence electrons. The fourth-order valence-electron chi connectivity index (χ4n) is 3.13. The lowest BCUT2D eigenvalue weighted by molar-refractivity contribution is -0.111. The summed E-state index contributed by atoms with van der Waals surface area (Å²) in [5.74, 6) is -0.0318. The van der Waals surface area contributed by atoms with E-state index in [1.165, 1.54) is 36.5 Å². The van der Waals surface area contributed by atoms with Crippen LogP contribution in [0.1, 0.15) is 18.9 Å². The number of carbonyl (C=O) groups is 1. The molecule has 32 heavy (non-hydrogen) atoms. The van der Waals surface area contributed by atoms with Crippen LogP contribution in [0.25, 0.3) is 6.08 Å². The third-order valence-electron chi connectivity index (χ3n) is 4.82. The first-order chi connectivity index (χ1) is 15.1. The zero-order chi connectivity index (χ0) is 23.4. The first kappa shape index (κ1) is 23.6. The second-order valence-electron chi connectivity index (χ2n) is 7.08. The van der Waals surface area contributed by atoms with Gasteiger partial charge in [-0.1, -0.05) is 12.1 Å². The van der Waals surface area contributed by atoms with Crippen molar-refractivity contribution in [3.8, 4) is 5.75 Å². The highest BCUT2D eigenvalue weighted by Crippen LogP contribution is 2.29. The van der Waals surface area contributed by atoms with Gasteiger partial charge in [0.1, 0.15) is 5.75 Å². The molecule has 3 rings (SSSR count). The van der Waals surface area contributed by atoms with E-state index in [1.807, 2.05) is 0 Å². The number of rotatable bonds is 8. The van der Waals surface area contributed by atoms with Gasteiger partial charge in [0.25, 0.3) is 0 Å². The number of hydrogen-bond donors (Lipinski definition) is 2. The second kappa shape index (κ2) is 9.61. The molecule has 0 spiro atoms. The molecule has 2 aromatic rings. The molecule has 1 fully saturated rings. The highest BCUT2D eigenvalue weighted by molar-refractivity contribution is 7.93. The standard InChI is InChI=1S/C21H25N3O6S2/c1-3-31(26,27)23-19-11-8-17(15-20(19)30-2)22-21(25)12-7-16-5-9-18(10-6-16)24-13-4-14-32(24,28)29/h5-12,15,23H,3-4,13-14H2,1-2H3,(H,22,25)/b12-7+. The van der Waals surface area contributed by atoms with Crippen LogP contribution in [-0.4, -0.2) is 47.9 Å². The lowest BCUT2D eigenvalue weighted by Crippen LogP contribution is -2.24. The zero-order valence-electron chi connectivity index (χ0n) is 17.7. The average Bonchev–Trinajstić information content (AvgIpc) is 3.12. The van der Waals surface area contributed by atoms with Crippen LogP contribution in [0.3, 0.4) is 0 Å². The molecule has 0 unspecified atom stereocenters. The van der Waals surface area contributed by atoms with E-state index < -0.39 is 20.0 Å². The Morgan fingerprint density at radius 3 is 2.50 bits per heavy atom. The summed E-state index contributed by atoms with van der Waals surface area (Å²) in [6.45, 7) is 2.00. The maximum absolute atomic E-state index is 12.3. The lowest BCUT2D eigenvalue weighted by Gasteiger charge is -2.16. The molecule has 2 aromatic carbocycles. The summed E-state index contributed by atoms with van der Waals surface area (Å²) in [7, 11) is -5.29. The van der Waals surface area contributed by atoms with Crippen molar-refractivity contribution in [3.05, 3.63) is 54.1 Å². The summed E-state index contributed by atoms with van der Waals surface area (Å²) in [4.78, 5) is 12.3. The molecule has 11 heteroatoms. The van der Waals surface area contributed by atoms with Crippen LogP contribution in [0.4, 0.5) is 17.1 Å². The fourth-order valence-corrected chi connectivity index (χ4v) is 5.34. The summed E-state index contributed by atoms with van der Waals surface area (Å²) in [5, 5.41) is 2.69. The number of benzene rings is 2. The Balaban J connectivity index is 1.65. The van der Waals surface area contributed by atoms with Gasteiger partial charge in [-0.25, -0.2) is 16.8 Å². The molecule has 1 aliphatic heterocycles. The maximum atomic E-state index is 12.3. The van der Waals surface area contributed by atoms with Gasteiger partial charge >= 0.3 is 0 Å². The van der Waals surface area contributed by atoms with Crippen LogP contribution in [0, 0.1) is 0 Å². The third-order valence-corrected chi connectivity index (χ3v) is 7.98. The molecule has 0 radical (unpaired) electrons. The van der Waals surface area contributed by atoms with Crippen molar-refractivity contribution in [2.45, 2.75) is 13.3 Å². The molecule has 1 saturated heterocycles. The number of anilines is 3. The normalized spacial score (nSPS) is 15.6. The monoisotopic (exact) mass is 479 g/mol. The number of hydrogen-bond acceptors (Lipinski definition) is 6. The topological polar surface area (TPSA) is 122 Å². The van der Waals surface area contributed by atoms with E-state index in [-0.39, 0.29) is 28.8 Å². The molecule has 0 bridgehead atoms. The quantitative estimate of drug-likeness (QED) is 0.562. The molecule has 1 aliphatic rings. The van der Waals surface area contributed by atoms with Crippen molar-refractivity contribution < 1.29 is 26.4 Å². The van der Waals surface area contributed by atoms with Crippen LogP contribution < -0.4 is 19.1 Å². The van der Waals surface area contributed by atoms with E-state index in [4.69, 9.17) is 4.74 Å². The number of nitrogens with one attached hydrogen (secondary N) is 2. The molecule has 0 saturated carbocycles. The molecular formula is C21H25N3O6S2. The molecule has 2 N–H and O–H groups in total. The number of ether oxygens (including phenoxy) is 1. The molecule has 9 nitrogen and oxygen atoms in total. The van der Waals surface area contributed by atoms with Crippen molar-refractivity contribution in [1.29, 1.82) is 0 Å². The van der Waals surface area contributed by atoms with Crippen LogP contribution in [-0.2, 0) is 24.8 Å². The summed E-state index contributed by atoms with van der Waals surface area (Å²) in [5.41, 5.74) is 2.06. The van der Waals surface area contributed by atoms with Crippen molar-refractivity contribution >= 4 is 49.1 Å². The zero-order valence-corrected chi connectivity index (χ0v) is 19.4. The van der Waals surface area contributed by atoms with E-state index in [2.05, 4.69) is 10.0 Å². The van der Waals surface area contributed by atoms with E-state index in [0.29, 0.717) is 24.3 Å². The Labute approximate surface area is 188 Å². The van der Waals surface area contributed by atoms with Crippen molar-refractivity contribution in [3.63, 3.8) is 0 Å². The number of sulfonamides is 2. The lowest BCUT2D eigenvalue weighted by atomic mass is 10.2. The smallest absolute Gasteiger partial charge is 0.248 e. The molecule has 0 aliphatic carbocycles. The average molecular weight is 480 g/mol. The number of nitrogens with zero attached hydrogens (tertiary/aromatic N) is 1. The third kappa shape index (κ3) is 5.80. The van der Waals surface area contributed by atoms with E-state index in [9.17, 15) is 21.6 Å². The van der Waals surface area contributed by atoms with Gasteiger partial charge in [-0.05, 0) is 49.2 Å². The summed E-state index contributed by atoms with van der Waals surface area (Å²) in [6.07, 6.45) is 3.57. The fraction of sp³-hybridized carbons (Fsp3) is 0.286. The summed E-state index contributed by atoms with van der Waals surface area (Å²) in [6, 6.07) is 11.5. The summed E-state index contributed by atoms with van der Waals surface area (Å²) < 4.78 is 56.6. The first-order valence-electron chi connectivity index (χ1n) is 9.91. The highest BCUT2D eigenvalue weighted by atomic mass is 32.2. The van der Waals surface area contributed by atoms with Crippen molar-refractivity contribution in [2.24, 2.45) is 0 Å². The van der Waals surface area contributed by atoms with Gasteiger partial charge in [-0.2, -0.15) is 0 Å². The molecular weight excluding hydrogens is 454 g/mol. The Morgan fingerprint density at radius 1 is 1.19 bits per heavy atom. The van der Waals surface area contributed by atoms with Gasteiger partial charge in [0, 0.05) is 24.4 Å². The van der Waals surface area contributed by atoms with Crippen molar-refractivity contribution in [2.75, 3.05) is 39.5 Å². The molecule has 1 heterocycles. The highest BCUT2D eigenvalue weighted by Gasteiger charge is 2.28. The van der Waals surface area contributed by atoms with Gasteiger partial charge in [0.15, 0.2) is 0 Å². The SMILES string of the molecule is CCS(=O)(=O)Nc1ccc(NC(=O)/C=C/c2ccc(N3CCCS3(=O)=O)cc2)cc1OC. The van der Waals surface area contributed by atoms with Crippen LogP contribution in [0.5, 0.6) is 5.75 Å². The van der Waals surface area contributed by atoms with Gasteiger partial charge < -0.3 is 10.1 Å². The first-order valence-corrected chi connectivity index (χ1v) is 13.2. The van der Waals surface area contributed by atoms with E-state index >= 15 is 0 Å². The number of amides is 1. The minimum absolute atomic E-state index is 0.0751. The van der Waals surface area contributed by atoms with Crippen LogP contribution in [0.15, 0.2) is 48.5 Å². The second-order valence-corrected chi connectivity index (χ2v) is 11.1. The predicted octanol–water partition coefficient (Wildman–Crippen LogP) is 2.65. The predicted molar refractivity (Wildman–Crippen MR) is 126 cm³/mol. The van der Waals surface area contributed by atoms with Gasteiger partial charge in [0.2, 0.25) is 26.0 Å². The summed E-state index contributed by atoms with van der Waals surface area (Å²) >= 11 is 0. The number of methoxy groups -OCH3 is 1. The molecule has 0 atom stereocenters. The maximum Gasteiger partial charge on any atom is 0.248 e. The largest absolute Gasteiger partial charge is 0.494 e. The van der Waals surface area contributed by atoms with Gasteiger partial charge in [-0.15, -0.1) is 0 Å². The Morgan fingerprint density at radius 2 is 1.91 bits per heavy atom. The Bertz CT molecular complexity index is 1220. The molecule has 1 amide bonds.